The molecule has 1 atom stereocenters. The fraction of sp³-hybridized carbons (Fsp3) is 0.278. The third kappa shape index (κ3) is 2.65. The van der Waals surface area contributed by atoms with Gasteiger partial charge in [-0.1, -0.05) is 12.1 Å². The number of rotatable bonds is 3. The van der Waals surface area contributed by atoms with Crippen LogP contribution in [0.25, 0.3) is 11.1 Å². The first-order valence-corrected chi connectivity index (χ1v) is 9.69. The monoisotopic (exact) mass is 376 g/mol. The Morgan fingerprint density at radius 2 is 2.00 bits per heavy atom. The first-order valence-electron chi connectivity index (χ1n) is 8.25. The largest absolute Gasteiger partial charge is 0.419 e. The second-order valence-electron chi connectivity index (χ2n) is 6.39. The van der Waals surface area contributed by atoms with Crippen molar-refractivity contribution in [3.05, 3.63) is 64.4 Å². The predicted octanol–water partition coefficient (Wildman–Crippen LogP) is 2.80. The molecule has 0 aliphatic carbocycles. The van der Waals surface area contributed by atoms with E-state index in [2.05, 4.69) is 0 Å². The van der Waals surface area contributed by atoms with E-state index in [0.717, 1.165) is 0 Å². The number of aryl methyl sites for hydroxylation is 1. The second kappa shape index (κ2) is 6.07. The lowest BCUT2D eigenvalue weighted by molar-refractivity contribution is 0.395. The summed E-state index contributed by atoms with van der Waals surface area (Å²) >= 11 is 0. The van der Waals surface area contributed by atoms with Crippen molar-refractivity contribution < 1.29 is 17.2 Å². The van der Waals surface area contributed by atoms with E-state index >= 15 is 0 Å². The average Bonchev–Trinajstić information content (AvgIpc) is 3.21. The van der Waals surface area contributed by atoms with Crippen LogP contribution in [0.1, 0.15) is 24.4 Å². The van der Waals surface area contributed by atoms with Crippen molar-refractivity contribution in [2.24, 2.45) is 7.05 Å². The van der Waals surface area contributed by atoms with E-state index in [0.29, 0.717) is 30.5 Å². The summed E-state index contributed by atoms with van der Waals surface area (Å²) in [6.07, 6.45) is 1.33. The summed E-state index contributed by atoms with van der Waals surface area (Å²) in [5.74, 6) is -0.937. The predicted molar refractivity (Wildman–Crippen MR) is 93.7 cm³/mol. The van der Waals surface area contributed by atoms with Crippen LogP contribution in [0.3, 0.4) is 0 Å². The van der Waals surface area contributed by atoms with Gasteiger partial charge in [0.25, 0.3) is 0 Å². The summed E-state index contributed by atoms with van der Waals surface area (Å²) in [4.78, 5) is 11.7. The summed E-state index contributed by atoms with van der Waals surface area (Å²) in [6.45, 7) is 0.361. The van der Waals surface area contributed by atoms with Crippen LogP contribution >= 0.6 is 0 Å². The van der Waals surface area contributed by atoms with Gasteiger partial charge in [0.15, 0.2) is 5.58 Å². The third-order valence-corrected chi connectivity index (χ3v) is 6.71. The van der Waals surface area contributed by atoms with Gasteiger partial charge in [-0.25, -0.2) is 17.6 Å². The fourth-order valence-electron chi connectivity index (χ4n) is 3.48. The zero-order chi connectivity index (χ0) is 18.5. The molecule has 1 fully saturated rings. The normalized spacial score (nSPS) is 18.6. The minimum absolute atomic E-state index is 0.0580. The first-order chi connectivity index (χ1) is 12.4. The number of hydrogen-bond donors (Lipinski definition) is 0. The third-order valence-electron chi connectivity index (χ3n) is 4.81. The molecule has 136 valence electrons. The van der Waals surface area contributed by atoms with Crippen LogP contribution in [0, 0.1) is 5.82 Å². The molecule has 6 nitrogen and oxygen atoms in total. The Morgan fingerprint density at radius 3 is 2.77 bits per heavy atom. The van der Waals surface area contributed by atoms with E-state index in [1.165, 1.54) is 33.1 Å². The lowest BCUT2D eigenvalue weighted by atomic mass is 10.1. The molecule has 0 saturated carbocycles. The number of halogens is 1. The number of fused-ring (bicyclic) bond motifs is 1. The molecule has 0 radical (unpaired) electrons. The maximum Gasteiger partial charge on any atom is 0.419 e. The van der Waals surface area contributed by atoms with Crippen LogP contribution < -0.4 is 5.76 Å². The Bertz CT molecular complexity index is 1150. The maximum atomic E-state index is 13.6. The van der Waals surface area contributed by atoms with Crippen LogP contribution in [0.2, 0.25) is 0 Å². The van der Waals surface area contributed by atoms with Crippen molar-refractivity contribution in [1.29, 1.82) is 0 Å². The van der Waals surface area contributed by atoms with Crippen molar-refractivity contribution in [2.45, 2.75) is 23.8 Å². The molecular formula is C18H17FN2O4S. The lowest BCUT2D eigenvalue weighted by Gasteiger charge is -2.24. The number of hydrogen-bond acceptors (Lipinski definition) is 4. The van der Waals surface area contributed by atoms with Crippen molar-refractivity contribution in [1.82, 2.24) is 8.87 Å². The molecule has 1 aliphatic rings. The van der Waals surface area contributed by atoms with Gasteiger partial charge in [0.05, 0.1) is 16.5 Å². The van der Waals surface area contributed by atoms with Gasteiger partial charge in [-0.2, -0.15) is 4.31 Å². The molecule has 4 rings (SSSR count). The molecule has 3 aromatic rings. The van der Waals surface area contributed by atoms with Crippen LogP contribution in [0.4, 0.5) is 4.39 Å². The standard InChI is InChI=1S/C18H17FN2O4S/c1-20-16-8-7-14(11-17(16)25-18(20)22)26(23,24)21-9-3-6-15(21)12-4-2-5-13(19)10-12/h2,4-5,7-8,10-11,15H,3,6,9H2,1H3/t15-/m1/s1. The second-order valence-corrected chi connectivity index (χ2v) is 8.28. The molecule has 26 heavy (non-hydrogen) atoms. The summed E-state index contributed by atoms with van der Waals surface area (Å²) in [6, 6.07) is 10.0. The highest BCUT2D eigenvalue weighted by Gasteiger charge is 2.36. The topological polar surface area (TPSA) is 72.5 Å². The Morgan fingerprint density at radius 1 is 1.19 bits per heavy atom. The minimum atomic E-state index is -3.80. The first kappa shape index (κ1) is 17.0. The Kier molecular flexibility index (Phi) is 3.96. The van der Waals surface area contributed by atoms with Gasteiger partial charge in [0.2, 0.25) is 10.0 Å². The molecule has 1 saturated heterocycles. The highest BCUT2D eigenvalue weighted by molar-refractivity contribution is 7.89. The molecule has 0 amide bonds. The van der Waals surface area contributed by atoms with Gasteiger partial charge >= 0.3 is 5.76 Å². The van der Waals surface area contributed by atoms with E-state index < -0.39 is 21.8 Å². The van der Waals surface area contributed by atoms with E-state index in [1.807, 2.05) is 0 Å². The average molecular weight is 376 g/mol. The zero-order valence-electron chi connectivity index (χ0n) is 14.1. The summed E-state index contributed by atoms with van der Waals surface area (Å²) in [5, 5.41) is 0. The number of nitrogens with zero attached hydrogens (tertiary/aromatic N) is 2. The van der Waals surface area contributed by atoms with Crippen molar-refractivity contribution in [3.63, 3.8) is 0 Å². The maximum absolute atomic E-state index is 13.6. The van der Waals surface area contributed by atoms with Gasteiger partial charge in [-0.05, 0) is 42.7 Å². The highest BCUT2D eigenvalue weighted by atomic mass is 32.2. The molecule has 2 aromatic carbocycles. The molecule has 0 spiro atoms. The summed E-state index contributed by atoms with van der Waals surface area (Å²) < 4.78 is 47.7. The number of aromatic nitrogens is 1. The number of sulfonamides is 1. The van der Waals surface area contributed by atoms with Gasteiger partial charge in [0.1, 0.15) is 5.82 Å². The van der Waals surface area contributed by atoms with Gasteiger partial charge in [-0.3, -0.25) is 4.57 Å². The van der Waals surface area contributed by atoms with Gasteiger partial charge in [0, 0.05) is 19.7 Å². The zero-order valence-corrected chi connectivity index (χ0v) is 14.9. The number of benzene rings is 2. The van der Waals surface area contributed by atoms with Crippen molar-refractivity contribution in [2.75, 3.05) is 6.54 Å². The Hall–Kier alpha value is -2.45. The van der Waals surface area contributed by atoms with Crippen molar-refractivity contribution in [3.8, 4) is 0 Å². The van der Waals surface area contributed by atoms with Crippen LogP contribution in [0.15, 0.2) is 56.6 Å². The van der Waals surface area contributed by atoms with E-state index in [1.54, 1.807) is 25.2 Å². The molecule has 1 aromatic heterocycles. The van der Waals surface area contributed by atoms with Crippen molar-refractivity contribution >= 4 is 21.1 Å². The Balaban J connectivity index is 1.77. The van der Waals surface area contributed by atoms with Gasteiger partial charge < -0.3 is 4.42 Å². The molecule has 0 bridgehead atoms. The van der Waals surface area contributed by atoms with Crippen LogP contribution in [0.5, 0.6) is 0 Å². The molecule has 8 heteroatoms. The molecular weight excluding hydrogens is 359 g/mol. The van der Waals surface area contributed by atoms with E-state index in [9.17, 15) is 17.6 Å². The molecule has 0 unspecified atom stereocenters. The molecule has 1 aliphatic heterocycles. The van der Waals surface area contributed by atoms with Crippen LogP contribution in [-0.2, 0) is 17.1 Å². The van der Waals surface area contributed by atoms with E-state index in [4.69, 9.17) is 4.42 Å². The number of oxazole rings is 1. The highest BCUT2D eigenvalue weighted by Crippen LogP contribution is 2.37. The fourth-order valence-corrected chi connectivity index (χ4v) is 5.18. The smallest absolute Gasteiger partial charge is 0.408 e. The Labute approximate surface area is 149 Å². The summed E-state index contributed by atoms with van der Waals surface area (Å²) in [5.41, 5.74) is 1.38. The SMILES string of the molecule is Cn1c(=O)oc2cc(S(=O)(=O)N3CCC[C@@H]3c3cccc(F)c3)ccc21. The quantitative estimate of drug-likeness (QED) is 0.705. The summed E-state index contributed by atoms with van der Waals surface area (Å²) in [7, 11) is -2.25. The van der Waals surface area contributed by atoms with Crippen LogP contribution in [-0.4, -0.2) is 23.8 Å². The van der Waals surface area contributed by atoms with Gasteiger partial charge in [-0.15, -0.1) is 0 Å². The molecule has 2 heterocycles. The molecule has 0 N–H and O–H groups in total. The lowest BCUT2D eigenvalue weighted by Crippen LogP contribution is -2.30. The minimum Gasteiger partial charge on any atom is -0.408 e. The van der Waals surface area contributed by atoms with E-state index in [-0.39, 0.29) is 16.3 Å².